The number of likely N-dealkylation sites (tertiary alicyclic amines) is 1. The number of urea groups is 1. The van der Waals surface area contributed by atoms with Gasteiger partial charge in [0.05, 0.1) is 26.3 Å². The van der Waals surface area contributed by atoms with E-state index < -0.39 is 11.6 Å². The number of nitrogens with one attached hydrogen (secondary N) is 1. The van der Waals surface area contributed by atoms with Gasteiger partial charge in [-0.1, -0.05) is 12.1 Å². The number of carbonyl (C=O) groups excluding carboxylic acids is 3. The van der Waals surface area contributed by atoms with Crippen LogP contribution in [0, 0.1) is 5.92 Å². The molecule has 1 N–H and O–H groups in total. The van der Waals surface area contributed by atoms with Crippen LogP contribution < -0.4 is 10.1 Å². The van der Waals surface area contributed by atoms with E-state index in [1.165, 1.54) is 4.90 Å². The quantitative estimate of drug-likeness (QED) is 0.588. The highest BCUT2D eigenvalue weighted by molar-refractivity contribution is 6.07. The van der Waals surface area contributed by atoms with Crippen molar-refractivity contribution in [3.05, 3.63) is 29.8 Å². The molecule has 0 saturated carbocycles. The lowest BCUT2D eigenvalue weighted by Crippen LogP contribution is -2.46. The standard InChI is InChI=1S/C20H27N3O5/c1-4-28-17(24)14-8-10-22(11-9-14)13-23-18(25)20(2,21-19(23)26)15-6-5-7-16(12-15)27-3/h5-7,12,14H,4,8-11,13H2,1-3H3,(H,21,26)/t20-/m0/s1. The van der Waals surface area contributed by atoms with Crippen LogP contribution in [0.2, 0.25) is 0 Å². The summed E-state index contributed by atoms with van der Waals surface area (Å²) in [4.78, 5) is 40.7. The molecule has 1 atom stereocenters. The van der Waals surface area contributed by atoms with Crippen molar-refractivity contribution in [1.29, 1.82) is 0 Å². The summed E-state index contributed by atoms with van der Waals surface area (Å²) in [5, 5.41) is 2.81. The second-order valence-corrected chi connectivity index (χ2v) is 7.31. The summed E-state index contributed by atoms with van der Waals surface area (Å²) < 4.78 is 10.3. The van der Waals surface area contributed by atoms with E-state index >= 15 is 0 Å². The predicted octanol–water partition coefficient (Wildman–Crippen LogP) is 1.69. The fraction of sp³-hybridized carbons (Fsp3) is 0.550. The van der Waals surface area contributed by atoms with Crippen LogP contribution in [0.4, 0.5) is 4.79 Å². The second kappa shape index (κ2) is 8.18. The fourth-order valence-corrected chi connectivity index (χ4v) is 3.73. The fourth-order valence-electron chi connectivity index (χ4n) is 3.73. The maximum atomic E-state index is 13.1. The van der Waals surface area contributed by atoms with Crippen molar-refractivity contribution in [3.8, 4) is 5.75 Å². The van der Waals surface area contributed by atoms with Crippen LogP contribution in [0.3, 0.4) is 0 Å². The summed E-state index contributed by atoms with van der Waals surface area (Å²) in [5.74, 6) is 0.0580. The number of amides is 3. The highest BCUT2D eigenvalue weighted by atomic mass is 16.5. The molecular formula is C20H27N3O5. The van der Waals surface area contributed by atoms with Gasteiger partial charge in [-0.3, -0.25) is 14.5 Å². The van der Waals surface area contributed by atoms with Crippen LogP contribution in [0.5, 0.6) is 5.75 Å². The summed E-state index contributed by atoms with van der Waals surface area (Å²) in [6.45, 7) is 5.36. The molecule has 2 saturated heterocycles. The van der Waals surface area contributed by atoms with Crippen LogP contribution in [0.15, 0.2) is 24.3 Å². The Morgan fingerprint density at radius 2 is 2.00 bits per heavy atom. The lowest BCUT2D eigenvalue weighted by atomic mass is 9.92. The van der Waals surface area contributed by atoms with E-state index in [9.17, 15) is 14.4 Å². The van der Waals surface area contributed by atoms with Gasteiger partial charge in [-0.15, -0.1) is 0 Å². The first-order chi connectivity index (χ1) is 13.4. The Bertz CT molecular complexity index is 760. The minimum atomic E-state index is -1.13. The van der Waals surface area contributed by atoms with Gasteiger partial charge in [0.1, 0.15) is 11.3 Å². The average molecular weight is 389 g/mol. The minimum absolute atomic E-state index is 0.110. The third kappa shape index (κ3) is 3.82. The van der Waals surface area contributed by atoms with Crippen LogP contribution in [0.1, 0.15) is 32.3 Å². The number of piperidine rings is 1. The number of nitrogens with zero attached hydrogens (tertiary/aromatic N) is 2. The van der Waals surface area contributed by atoms with Gasteiger partial charge in [0, 0.05) is 13.1 Å². The first kappa shape index (κ1) is 20.1. The number of rotatable bonds is 6. The zero-order chi connectivity index (χ0) is 20.3. The summed E-state index contributed by atoms with van der Waals surface area (Å²) in [6.07, 6.45) is 1.32. The molecule has 8 nitrogen and oxygen atoms in total. The molecule has 2 fully saturated rings. The zero-order valence-electron chi connectivity index (χ0n) is 16.6. The Labute approximate surface area is 164 Å². The van der Waals surface area contributed by atoms with Gasteiger partial charge in [-0.25, -0.2) is 9.69 Å². The maximum Gasteiger partial charge on any atom is 0.326 e. The van der Waals surface area contributed by atoms with Gasteiger partial charge in [0.2, 0.25) is 0 Å². The molecule has 2 aliphatic heterocycles. The molecular weight excluding hydrogens is 362 g/mol. The molecule has 2 heterocycles. The number of esters is 1. The van der Waals surface area contributed by atoms with Crippen molar-refractivity contribution >= 4 is 17.9 Å². The van der Waals surface area contributed by atoms with E-state index in [1.807, 2.05) is 4.90 Å². The zero-order valence-corrected chi connectivity index (χ0v) is 16.6. The first-order valence-electron chi connectivity index (χ1n) is 9.56. The molecule has 0 unspecified atom stereocenters. The molecule has 152 valence electrons. The van der Waals surface area contributed by atoms with Gasteiger partial charge in [-0.2, -0.15) is 0 Å². The Morgan fingerprint density at radius 1 is 1.29 bits per heavy atom. The van der Waals surface area contributed by atoms with E-state index in [-0.39, 0.29) is 24.5 Å². The summed E-state index contributed by atoms with van der Waals surface area (Å²) in [5.41, 5.74) is -0.455. The van der Waals surface area contributed by atoms with Crippen molar-refractivity contribution in [3.63, 3.8) is 0 Å². The van der Waals surface area contributed by atoms with E-state index in [4.69, 9.17) is 9.47 Å². The predicted molar refractivity (Wildman–Crippen MR) is 102 cm³/mol. The van der Waals surface area contributed by atoms with Gasteiger partial charge >= 0.3 is 12.0 Å². The molecule has 3 amide bonds. The third-order valence-corrected chi connectivity index (χ3v) is 5.47. The lowest BCUT2D eigenvalue weighted by Gasteiger charge is -2.32. The molecule has 0 bridgehead atoms. The van der Waals surface area contributed by atoms with E-state index in [0.717, 1.165) is 0 Å². The number of hydrogen-bond acceptors (Lipinski definition) is 6. The van der Waals surface area contributed by atoms with Gasteiger partial charge in [0.25, 0.3) is 5.91 Å². The molecule has 8 heteroatoms. The number of hydrogen-bond donors (Lipinski definition) is 1. The largest absolute Gasteiger partial charge is 0.497 e. The molecule has 0 radical (unpaired) electrons. The van der Waals surface area contributed by atoms with E-state index in [2.05, 4.69) is 5.32 Å². The molecule has 1 aromatic carbocycles. The summed E-state index contributed by atoms with van der Waals surface area (Å²) in [6, 6.07) is 6.73. The van der Waals surface area contributed by atoms with Gasteiger partial charge in [0.15, 0.2) is 0 Å². The van der Waals surface area contributed by atoms with Crippen LogP contribution in [-0.4, -0.2) is 61.2 Å². The Morgan fingerprint density at radius 3 is 2.64 bits per heavy atom. The SMILES string of the molecule is CCOC(=O)C1CCN(CN2C(=O)N[C@@](C)(c3cccc(OC)c3)C2=O)CC1. The summed E-state index contributed by atoms with van der Waals surface area (Å²) >= 11 is 0. The molecule has 2 aliphatic rings. The normalized spacial score (nSPS) is 23.6. The monoisotopic (exact) mass is 389 g/mol. The lowest BCUT2D eigenvalue weighted by molar-refractivity contribution is -0.150. The molecule has 28 heavy (non-hydrogen) atoms. The van der Waals surface area contributed by atoms with Gasteiger partial charge < -0.3 is 14.8 Å². The minimum Gasteiger partial charge on any atom is -0.497 e. The Balaban J connectivity index is 1.65. The highest BCUT2D eigenvalue weighted by Crippen LogP contribution is 2.31. The number of imide groups is 1. The topological polar surface area (TPSA) is 88.2 Å². The molecule has 0 aromatic heterocycles. The first-order valence-corrected chi connectivity index (χ1v) is 9.56. The Hall–Kier alpha value is -2.61. The summed E-state index contributed by atoms with van der Waals surface area (Å²) in [7, 11) is 1.56. The van der Waals surface area contributed by atoms with Gasteiger partial charge in [-0.05, 0) is 44.4 Å². The molecule has 0 spiro atoms. The van der Waals surface area contributed by atoms with Crippen LogP contribution in [0.25, 0.3) is 0 Å². The second-order valence-electron chi connectivity index (χ2n) is 7.31. The average Bonchev–Trinajstić information content (AvgIpc) is 2.93. The van der Waals surface area contributed by atoms with Crippen LogP contribution >= 0.6 is 0 Å². The number of ether oxygens (including phenoxy) is 2. The molecule has 1 aromatic rings. The van der Waals surface area contributed by atoms with Crippen molar-refractivity contribution in [1.82, 2.24) is 15.1 Å². The number of methoxy groups -OCH3 is 1. The van der Waals surface area contributed by atoms with Crippen molar-refractivity contribution in [2.45, 2.75) is 32.2 Å². The molecule has 3 rings (SSSR count). The molecule has 0 aliphatic carbocycles. The van der Waals surface area contributed by atoms with Crippen LogP contribution in [-0.2, 0) is 19.9 Å². The van der Waals surface area contributed by atoms with Crippen molar-refractivity contribution < 1.29 is 23.9 Å². The van der Waals surface area contributed by atoms with Crippen molar-refractivity contribution in [2.24, 2.45) is 5.92 Å². The number of carbonyl (C=O) groups is 3. The Kier molecular flexibility index (Phi) is 5.88. The maximum absolute atomic E-state index is 13.1. The highest BCUT2D eigenvalue weighted by Gasteiger charge is 2.49. The van der Waals surface area contributed by atoms with Crippen molar-refractivity contribution in [2.75, 3.05) is 33.5 Å². The van der Waals surface area contributed by atoms with E-state index in [0.29, 0.717) is 43.9 Å². The van der Waals surface area contributed by atoms with E-state index in [1.54, 1.807) is 45.2 Å². The third-order valence-electron chi connectivity index (χ3n) is 5.47. The number of benzene rings is 1. The smallest absolute Gasteiger partial charge is 0.326 e.